The van der Waals surface area contributed by atoms with Crippen molar-refractivity contribution in [1.82, 2.24) is 0 Å². The number of carbonyl (C=O) groups is 1. The third-order valence-corrected chi connectivity index (χ3v) is 3.09. The SMILES string of the molecule is COC(=O)CC(C)Oc1ccc(OCc2ccccc2)cc1. The zero-order chi connectivity index (χ0) is 15.8. The molecule has 0 heterocycles. The van der Waals surface area contributed by atoms with Gasteiger partial charge in [-0.25, -0.2) is 0 Å². The van der Waals surface area contributed by atoms with Crippen LogP contribution in [0.3, 0.4) is 0 Å². The molecule has 0 aliphatic heterocycles. The number of hydrogen-bond donors (Lipinski definition) is 0. The van der Waals surface area contributed by atoms with E-state index in [4.69, 9.17) is 9.47 Å². The molecular weight excluding hydrogens is 280 g/mol. The van der Waals surface area contributed by atoms with Crippen molar-refractivity contribution in [3.63, 3.8) is 0 Å². The minimum atomic E-state index is -0.282. The van der Waals surface area contributed by atoms with Crippen LogP contribution in [0.1, 0.15) is 18.9 Å². The first-order chi connectivity index (χ1) is 10.7. The Bertz CT molecular complexity index is 578. The summed E-state index contributed by atoms with van der Waals surface area (Å²) in [5, 5.41) is 0. The second kappa shape index (κ2) is 8.08. The van der Waals surface area contributed by atoms with Gasteiger partial charge in [0.05, 0.1) is 13.5 Å². The minimum Gasteiger partial charge on any atom is -0.490 e. The van der Waals surface area contributed by atoms with Gasteiger partial charge in [0.15, 0.2) is 0 Å². The van der Waals surface area contributed by atoms with Crippen molar-refractivity contribution < 1.29 is 19.0 Å². The molecule has 0 amide bonds. The molecule has 0 saturated carbocycles. The van der Waals surface area contributed by atoms with E-state index < -0.39 is 0 Å². The zero-order valence-electron chi connectivity index (χ0n) is 12.8. The second-order valence-corrected chi connectivity index (χ2v) is 4.95. The molecule has 0 fully saturated rings. The fourth-order valence-corrected chi connectivity index (χ4v) is 1.95. The van der Waals surface area contributed by atoms with Gasteiger partial charge in [-0.1, -0.05) is 30.3 Å². The van der Waals surface area contributed by atoms with Crippen LogP contribution in [0.5, 0.6) is 11.5 Å². The normalized spacial score (nSPS) is 11.5. The Labute approximate surface area is 130 Å². The van der Waals surface area contributed by atoms with Crippen LogP contribution in [-0.2, 0) is 16.1 Å². The summed E-state index contributed by atoms with van der Waals surface area (Å²) in [5.41, 5.74) is 1.12. The zero-order valence-corrected chi connectivity index (χ0v) is 12.8. The molecule has 2 rings (SSSR count). The highest BCUT2D eigenvalue weighted by molar-refractivity contribution is 5.69. The Hall–Kier alpha value is -2.49. The first-order valence-corrected chi connectivity index (χ1v) is 7.17. The van der Waals surface area contributed by atoms with Crippen LogP contribution in [0.25, 0.3) is 0 Å². The van der Waals surface area contributed by atoms with E-state index in [1.807, 2.05) is 61.5 Å². The fraction of sp³-hybridized carbons (Fsp3) is 0.278. The predicted octanol–water partition coefficient (Wildman–Crippen LogP) is 3.60. The smallest absolute Gasteiger partial charge is 0.309 e. The summed E-state index contributed by atoms with van der Waals surface area (Å²) in [7, 11) is 1.37. The van der Waals surface area contributed by atoms with Gasteiger partial charge in [-0.3, -0.25) is 4.79 Å². The van der Waals surface area contributed by atoms with Gasteiger partial charge in [0, 0.05) is 0 Å². The average molecular weight is 300 g/mol. The summed E-state index contributed by atoms with van der Waals surface area (Å²) in [4.78, 5) is 11.2. The molecule has 1 unspecified atom stereocenters. The molecule has 0 radical (unpaired) electrons. The van der Waals surface area contributed by atoms with E-state index in [0.717, 1.165) is 11.3 Å². The number of rotatable bonds is 7. The highest BCUT2D eigenvalue weighted by atomic mass is 16.5. The predicted molar refractivity (Wildman–Crippen MR) is 83.9 cm³/mol. The summed E-state index contributed by atoms with van der Waals surface area (Å²) >= 11 is 0. The first kappa shape index (κ1) is 15.9. The molecule has 0 aliphatic carbocycles. The Kier molecular flexibility index (Phi) is 5.83. The quantitative estimate of drug-likeness (QED) is 0.733. The van der Waals surface area contributed by atoms with Crippen LogP contribution in [0.4, 0.5) is 0 Å². The van der Waals surface area contributed by atoms with E-state index in [9.17, 15) is 4.79 Å². The third-order valence-electron chi connectivity index (χ3n) is 3.09. The lowest BCUT2D eigenvalue weighted by molar-refractivity contribution is -0.142. The summed E-state index contributed by atoms with van der Waals surface area (Å²) in [6.07, 6.45) is -0.00788. The van der Waals surface area contributed by atoms with Crippen molar-refractivity contribution >= 4 is 5.97 Å². The molecule has 0 N–H and O–H groups in total. The minimum absolute atomic E-state index is 0.225. The standard InChI is InChI=1S/C18H20O4/c1-14(12-18(19)20-2)22-17-10-8-16(9-11-17)21-13-15-6-4-3-5-7-15/h3-11,14H,12-13H2,1-2H3. The molecule has 4 nitrogen and oxygen atoms in total. The largest absolute Gasteiger partial charge is 0.490 e. The van der Waals surface area contributed by atoms with E-state index >= 15 is 0 Å². The van der Waals surface area contributed by atoms with Crippen molar-refractivity contribution in [3.05, 3.63) is 60.2 Å². The summed E-state index contributed by atoms with van der Waals surface area (Å²) in [5.74, 6) is 1.19. The molecule has 22 heavy (non-hydrogen) atoms. The molecule has 0 spiro atoms. The number of carbonyl (C=O) groups excluding carboxylic acids is 1. The number of benzene rings is 2. The fourth-order valence-electron chi connectivity index (χ4n) is 1.95. The maximum atomic E-state index is 11.2. The van der Waals surface area contributed by atoms with Crippen molar-refractivity contribution in [3.8, 4) is 11.5 Å². The Balaban J connectivity index is 1.83. The molecule has 2 aromatic rings. The third kappa shape index (κ3) is 5.13. The monoisotopic (exact) mass is 300 g/mol. The molecule has 1 atom stereocenters. The topological polar surface area (TPSA) is 44.8 Å². The molecule has 4 heteroatoms. The molecule has 0 saturated heterocycles. The molecule has 0 aliphatic rings. The Morgan fingerprint density at radius 1 is 1.00 bits per heavy atom. The van der Waals surface area contributed by atoms with Crippen LogP contribution in [0, 0.1) is 0 Å². The van der Waals surface area contributed by atoms with Crippen LogP contribution >= 0.6 is 0 Å². The van der Waals surface area contributed by atoms with Gasteiger partial charge in [-0.2, -0.15) is 0 Å². The maximum Gasteiger partial charge on any atom is 0.309 e. The van der Waals surface area contributed by atoms with Gasteiger partial charge in [-0.05, 0) is 36.8 Å². The van der Waals surface area contributed by atoms with E-state index in [2.05, 4.69) is 4.74 Å². The molecule has 2 aromatic carbocycles. The Morgan fingerprint density at radius 2 is 1.64 bits per heavy atom. The van der Waals surface area contributed by atoms with E-state index in [-0.39, 0.29) is 18.5 Å². The lowest BCUT2D eigenvalue weighted by atomic mass is 10.2. The van der Waals surface area contributed by atoms with Gasteiger partial charge in [0.25, 0.3) is 0 Å². The van der Waals surface area contributed by atoms with Gasteiger partial charge in [0.1, 0.15) is 24.2 Å². The number of esters is 1. The van der Waals surface area contributed by atoms with Crippen molar-refractivity contribution in [1.29, 1.82) is 0 Å². The molecule has 0 aromatic heterocycles. The van der Waals surface area contributed by atoms with Crippen molar-refractivity contribution in [2.75, 3.05) is 7.11 Å². The van der Waals surface area contributed by atoms with E-state index in [1.165, 1.54) is 7.11 Å². The van der Waals surface area contributed by atoms with Crippen molar-refractivity contribution in [2.45, 2.75) is 26.1 Å². The highest BCUT2D eigenvalue weighted by Gasteiger charge is 2.10. The number of ether oxygens (including phenoxy) is 3. The summed E-state index contributed by atoms with van der Waals surface area (Å²) in [6, 6.07) is 17.3. The van der Waals surface area contributed by atoms with Crippen LogP contribution in [0.2, 0.25) is 0 Å². The number of hydrogen-bond acceptors (Lipinski definition) is 4. The van der Waals surface area contributed by atoms with Gasteiger partial charge >= 0.3 is 5.97 Å². The average Bonchev–Trinajstić information content (AvgIpc) is 2.55. The van der Waals surface area contributed by atoms with Gasteiger partial charge in [-0.15, -0.1) is 0 Å². The molecular formula is C18H20O4. The maximum absolute atomic E-state index is 11.2. The first-order valence-electron chi connectivity index (χ1n) is 7.17. The second-order valence-electron chi connectivity index (χ2n) is 4.95. The number of methoxy groups -OCH3 is 1. The summed E-state index contributed by atoms with van der Waals surface area (Å²) < 4.78 is 16.0. The van der Waals surface area contributed by atoms with Crippen LogP contribution < -0.4 is 9.47 Å². The van der Waals surface area contributed by atoms with Crippen LogP contribution in [-0.4, -0.2) is 19.2 Å². The highest BCUT2D eigenvalue weighted by Crippen LogP contribution is 2.20. The van der Waals surface area contributed by atoms with Crippen molar-refractivity contribution in [2.24, 2.45) is 0 Å². The molecule has 0 bridgehead atoms. The van der Waals surface area contributed by atoms with Gasteiger partial charge in [0.2, 0.25) is 0 Å². The lowest BCUT2D eigenvalue weighted by Gasteiger charge is -2.14. The van der Waals surface area contributed by atoms with E-state index in [1.54, 1.807) is 0 Å². The molecule has 116 valence electrons. The lowest BCUT2D eigenvalue weighted by Crippen LogP contribution is -2.17. The van der Waals surface area contributed by atoms with Gasteiger partial charge < -0.3 is 14.2 Å². The Morgan fingerprint density at radius 3 is 2.27 bits per heavy atom. The van der Waals surface area contributed by atoms with Crippen LogP contribution in [0.15, 0.2) is 54.6 Å². The summed E-state index contributed by atoms with van der Waals surface area (Å²) in [6.45, 7) is 2.36. The van der Waals surface area contributed by atoms with E-state index in [0.29, 0.717) is 12.4 Å².